The van der Waals surface area contributed by atoms with E-state index in [1.165, 1.54) is 12.1 Å². The van der Waals surface area contributed by atoms with Gasteiger partial charge in [-0.1, -0.05) is 18.2 Å². The number of hydrogen-bond acceptors (Lipinski definition) is 3. The third-order valence-corrected chi connectivity index (χ3v) is 1.42. The van der Waals surface area contributed by atoms with Crippen molar-refractivity contribution in [2.24, 2.45) is 0 Å². The second kappa shape index (κ2) is 6.63. The summed E-state index contributed by atoms with van der Waals surface area (Å²) in [4.78, 5) is 31.0. The Morgan fingerprint density at radius 3 is 1.87 bits per heavy atom. The van der Waals surface area contributed by atoms with Gasteiger partial charge in [0.05, 0.1) is 0 Å². The van der Waals surface area contributed by atoms with Gasteiger partial charge in [-0.25, -0.2) is 4.57 Å². The molecule has 9 heteroatoms. The summed E-state index contributed by atoms with van der Waals surface area (Å²) in [6.07, 6.45) is 0. The molecule has 4 N–H and O–H groups in total. The summed E-state index contributed by atoms with van der Waals surface area (Å²) in [5.41, 5.74) is 0. The van der Waals surface area contributed by atoms with Crippen LogP contribution in [-0.2, 0) is 9.13 Å². The van der Waals surface area contributed by atoms with Crippen molar-refractivity contribution in [3.05, 3.63) is 30.3 Å². The quantitative estimate of drug-likeness (QED) is 0.575. The van der Waals surface area contributed by atoms with Crippen LogP contribution in [-0.4, -0.2) is 19.6 Å². The van der Waals surface area contributed by atoms with Crippen LogP contribution < -0.4 is 4.52 Å². The molecule has 0 saturated carbocycles. The van der Waals surface area contributed by atoms with Crippen molar-refractivity contribution in [3.8, 4) is 5.75 Å². The van der Waals surface area contributed by atoms with Gasteiger partial charge in [-0.3, -0.25) is 9.79 Å². The smallest absolute Gasteiger partial charge is 0.404 e. The highest BCUT2D eigenvalue weighted by Gasteiger charge is 2.14. The Hall–Kier alpha value is -0.810. The first-order valence-electron chi connectivity index (χ1n) is 3.46. The molecule has 0 fully saturated rings. The van der Waals surface area contributed by atoms with E-state index in [9.17, 15) is 4.57 Å². The highest BCUT2D eigenvalue weighted by atomic mass is 31.2. The Labute approximate surface area is 86.2 Å². The zero-order chi connectivity index (χ0) is 11.9. The average Bonchev–Trinajstić information content (AvgIpc) is 2.01. The van der Waals surface area contributed by atoms with Crippen molar-refractivity contribution in [2.75, 3.05) is 0 Å². The van der Waals surface area contributed by atoms with E-state index in [4.69, 9.17) is 24.1 Å². The molecule has 0 saturated heterocycles. The van der Waals surface area contributed by atoms with E-state index < -0.39 is 16.1 Å². The minimum Gasteiger partial charge on any atom is -0.404 e. The number of benzene rings is 1. The summed E-state index contributed by atoms with van der Waals surface area (Å²) in [7, 11) is -7.26. The maximum atomic E-state index is 10.3. The van der Waals surface area contributed by atoms with Gasteiger partial charge in [0, 0.05) is 4.57 Å². The van der Waals surface area contributed by atoms with Crippen molar-refractivity contribution in [1.82, 2.24) is 0 Å². The molecule has 1 rings (SSSR count). The molecule has 0 unspecified atom stereocenters. The van der Waals surface area contributed by atoms with Gasteiger partial charge >= 0.3 is 16.1 Å². The van der Waals surface area contributed by atoms with E-state index >= 15 is 0 Å². The van der Waals surface area contributed by atoms with Crippen molar-refractivity contribution < 1.29 is 33.2 Å². The van der Waals surface area contributed by atoms with Crippen LogP contribution in [0.3, 0.4) is 0 Å². The van der Waals surface area contributed by atoms with Gasteiger partial charge in [-0.05, 0) is 12.1 Å². The Morgan fingerprint density at radius 1 is 1.13 bits per heavy atom. The number of phosphoric acid groups is 1. The molecule has 84 valence electrons. The van der Waals surface area contributed by atoms with Crippen molar-refractivity contribution in [2.45, 2.75) is 0 Å². The fourth-order valence-corrected chi connectivity index (χ4v) is 1.02. The lowest BCUT2D eigenvalue weighted by atomic mass is 10.3. The van der Waals surface area contributed by atoms with Crippen molar-refractivity contribution in [1.29, 1.82) is 0 Å². The van der Waals surface area contributed by atoms with E-state index in [1.807, 2.05) is 0 Å². The first-order valence-corrected chi connectivity index (χ1v) is 6.16. The van der Waals surface area contributed by atoms with Gasteiger partial charge in [0.15, 0.2) is 0 Å². The summed E-state index contributed by atoms with van der Waals surface area (Å²) >= 11 is 0. The van der Waals surface area contributed by atoms with Gasteiger partial charge < -0.3 is 4.52 Å². The molecular formula is C6H9O7P2+. The van der Waals surface area contributed by atoms with Crippen LogP contribution in [0.2, 0.25) is 0 Å². The number of para-hydroxylation sites is 1. The molecule has 1 aromatic rings. The Balaban J connectivity index is 0.000000423. The predicted molar refractivity (Wildman–Crippen MR) is 51.2 cm³/mol. The lowest BCUT2D eigenvalue weighted by molar-refractivity contribution is 0.283. The molecule has 0 amide bonds. The zero-order valence-corrected chi connectivity index (χ0v) is 9.08. The average molecular weight is 255 g/mol. The second-order valence-electron chi connectivity index (χ2n) is 2.15. The highest BCUT2D eigenvalue weighted by molar-refractivity contribution is 7.46. The number of rotatable bonds is 2. The fourth-order valence-electron chi connectivity index (χ4n) is 0.619. The zero-order valence-electron chi connectivity index (χ0n) is 7.29. The molecule has 1 aromatic carbocycles. The molecule has 15 heavy (non-hydrogen) atoms. The van der Waals surface area contributed by atoms with E-state index in [-0.39, 0.29) is 5.75 Å². The normalized spacial score (nSPS) is 9.87. The minimum atomic E-state index is -4.39. The van der Waals surface area contributed by atoms with Crippen molar-refractivity contribution in [3.63, 3.8) is 0 Å². The minimum absolute atomic E-state index is 0.167. The van der Waals surface area contributed by atoms with E-state index in [2.05, 4.69) is 4.52 Å². The van der Waals surface area contributed by atoms with Crippen LogP contribution in [0.15, 0.2) is 30.3 Å². The van der Waals surface area contributed by atoms with E-state index in [0.29, 0.717) is 0 Å². The topological polar surface area (TPSA) is 124 Å². The summed E-state index contributed by atoms with van der Waals surface area (Å²) in [5, 5.41) is 0. The molecule has 0 aliphatic heterocycles. The van der Waals surface area contributed by atoms with Gasteiger partial charge in [0.1, 0.15) is 5.75 Å². The lowest BCUT2D eigenvalue weighted by Crippen LogP contribution is -1.88. The molecular weight excluding hydrogens is 246 g/mol. The Bertz CT molecular complexity index is 342. The standard InChI is InChI=1S/C6H7O4P.HO3P/c7-11(8,9)10-6-4-2-1-3-5-6;1-4(2)3/h1-5H,(H2,7,8,9);(H-,1,2,3)/p+1. The first-order chi connectivity index (χ1) is 6.81. The largest absolute Gasteiger partial charge is 0.692 e. The van der Waals surface area contributed by atoms with E-state index in [1.54, 1.807) is 18.2 Å². The van der Waals surface area contributed by atoms with Gasteiger partial charge in [-0.15, -0.1) is 9.79 Å². The summed E-state index contributed by atoms with van der Waals surface area (Å²) in [6.45, 7) is 0. The van der Waals surface area contributed by atoms with Crippen LogP contribution in [0, 0.1) is 0 Å². The maximum absolute atomic E-state index is 10.3. The molecule has 0 heterocycles. The maximum Gasteiger partial charge on any atom is 0.692 e. The Morgan fingerprint density at radius 2 is 1.53 bits per heavy atom. The summed E-state index contributed by atoms with van der Waals surface area (Å²) in [6, 6.07) is 7.93. The van der Waals surface area contributed by atoms with Crippen LogP contribution in [0.25, 0.3) is 0 Å². The molecule has 0 aliphatic carbocycles. The van der Waals surface area contributed by atoms with Crippen LogP contribution in [0.1, 0.15) is 0 Å². The van der Waals surface area contributed by atoms with Crippen molar-refractivity contribution >= 4 is 16.1 Å². The third kappa shape index (κ3) is 11.1. The highest BCUT2D eigenvalue weighted by Crippen LogP contribution is 2.36. The van der Waals surface area contributed by atoms with Gasteiger partial charge in [0.2, 0.25) is 0 Å². The summed E-state index contributed by atoms with van der Waals surface area (Å²) < 4.78 is 23.2. The molecule has 0 spiro atoms. The second-order valence-corrected chi connectivity index (χ2v) is 3.82. The van der Waals surface area contributed by atoms with Gasteiger partial charge in [0.25, 0.3) is 0 Å². The van der Waals surface area contributed by atoms with Crippen LogP contribution in [0.4, 0.5) is 0 Å². The number of hydrogen-bond donors (Lipinski definition) is 4. The third-order valence-electron chi connectivity index (χ3n) is 0.968. The SMILES string of the molecule is O=P(O)(O)Oc1ccccc1.O=[P+](O)O. The summed E-state index contributed by atoms with van der Waals surface area (Å²) in [5.74, 6) is 0.167. The monoisotopic (exact) mass is 255 g/mol. The van der Waals surface area contributed by atoms with Gasteiger partial charge in [-0.2, -0.15) is 0 Å². The first kappa shape index (κ1) is 14.2. The predicted octanol–water partition coefficient (Wildman–Crippen LogP) is 0.786. The molecule has 0 bridgehead atoms. The fraction of sp³-hybridized carbons (Fsp3) is 0. The van der Waals surface area contributed by atoms with Crippen LogP contribution >= 0.6 is 16.1 Å². The lowest BCUT2D eigenvalue weighted by Gasteiger charge is -2.04. The molecule has 0 aromatic heterocycles. The molecule has 7 nitrogen and oxygen atoms in total. The Kier molecular flexibility index (Phi) is 6.27. The molecule has 0 aliphatic rings. The van der Waals surface area contributed by atoms with E-state index in [0.717, 1.165) is 0 Å². The van der Waals surface area contributed by atoms with Crippen LogP contribution in [0.5, 0.6) is 5.75 Å². The molecule has 0 atom stereocenters. The number of phosphoric ester groups is 1. The molecule has 0 radical (unpaired) electrons.